The summed E-state index contributed by atoms with van der Waals surface area (Å²) < 4.78 is 10.8. The highest BCUT2D eigenvalue weighted by molar-refractivity contribution is 5.47. The van der Waals surface area contributed by atoms with Gasteiger partial charge in [-0.3, -0.25) is 0 Å². The lowest BCUT2D eigenvalue weighted by Crippen LogP contribution is -1.98. The van der Waals surface area contributed by atoms with Gasteiger partial charge < -0.3 is 15.0 Å². The predicted molar refractivity (Wildman–Crippen MR) is 66.2 cm³/mol. The minimum absolute atomic E-state index is 0.296. The van der Waals surface area contributed by atoms with E-state index >= 15 is 0 Å². The first-order chi connectivity index (χ1) is 8.72. The van der Waals surface area contributed by atoms with Gasteiger partial charge >= 0.3 is 0 Å². The van der Waals surface area contributed by atoms with Crippen LogP contribution in [0.5, 0.6) is 5.75 Å². The summed E-state index contributed by atoms with van der Waals surface area (Å²) in [5, 5.41) is 3.94. The van der Waals surface area contributed by atoms with Crippen LogP contribution in [-0.2, 0) is 6.61 Å². The first-order valence-electron chi connectivity index (χ1n) is 6.04. The zero-order valence-electron chi connectivity index (χ0n) is 10.2. The van der Waals surface area contributed by atoms with E-state index in [1.54, 1.807) is 0 Å². The maximum Gasteiger partial charge on any atom is 0.264 e. The van der Waals surface area contributed by atoms with Crippen LogP contribution >= 0.6 is 0 Å². The second-order valence-electron chi connectivity index (χ2n) is 4.63. The van der Waals surface area contributed by atoms with Crippen molar-refractivity contribution in [3.8, 4) is 5.75 Å². The van der Waals surface area contributed by atoms with Gasteiger partial charge in [0.15, 0.2) is 12.4 Å². The van der Waals surface area contributed by atoms with Gasteiger partial charge in [0.05, 0.1) is 0 Å². The van der Waals surface area contributed by atoms with Gasteiger partial charge in [-0.2, -0.15) is 4.98 Å². The highest BCUT2D eigenvalue weighted by Gasteiger charge is 2.28. The smallest absolute Gasteiger partial charge is 0.264 e. The first-order valence-corrected chi connectivity index (χ1v) is 6.04. The van der Waals surface area contributed by atoms with Gasteiger partial charge in [0.1, 0.15) is 5.75 Å². The van der Waals surface area contributed by atoms with E-state index < -0.39 is 0 Å². The average molecular weight is 245 g/mol. The number of hydrogen-bond donors (Lipinski definition) is 1. The number of benzene rings is 1. The van der Waals surface area contributed by atoms with Crippen molar-refractivity contribution in [3.63, 3.8) is 0 Å². The summed E-state index contributed by atoms with van der Waals surface area (Å²) in [4.78, 5) is 4.31. The molecule has 1 heterocycles. The lowest BCUT2D eigenvalue weighted by molar-refractivity contribution is 0.241. The van der Waals surface area contributed by atoms with Crippen LogP contribution in [-0.4, -0.2) is 10.1 Å². The molecule has 2 N–H and O–H groups in total. The van der Waals surface area contributed by atoms with E-state index in [1.807, 2.05) is 25.1 Å². The number of rotatable bonds is 4. The van der Waals surface area contributed by atoms with E-state index in [1.165, 1.54) is 0 Å². The van der Waals surface area contributed by atoms with Crippen molar-refractivity contribution in [2.45, 2.75) is 32.3 Å². The summed E-state index contributed by atoms with van der Waals surface area (Å²) in [6.45, 7) is 2.25. The fourth-order valence-electron chi connectivity index (χ4n) is 1.81. The van der Waals surface area contributed by atoms with Gasteiger partial charge in [-0.1, -0.05) is 5.16 Å². The number of aryl methyl sites for hydroxylation is 1. The normalized spacial score (nSPS) is 14.7. The summed E-state index contributed by atoms with van der Waals surface area (Å²) in [5.41, 5.74) is 7.41. The van der Waals surface area contributed by atoms with Crippen molar-refractivity contribution < 1.29 is 9.26 Å². The summed E-state index contributed by atoms with van der Waals surface area (Å²) in [5.74, 6) is 2.62. The molecule has 0 amide bonds. The molecule has 0 saturated heterocycles. The highest BCUT2D eigenvalue weighted by atomic mass is 16.5. The van der Waals surface area contributed by atoms with E-state index in [-0.39, 0.29) is 0 Å². The molecule has 94 valence electrons. The van der Waals surface area contributed by atoms with E-state index in [2.05, 4.69) is 10.1 Å². The second-order valence-corrected chi connectivity index (χ2v) is 4.63. The fourth-order valence-corrected chi connectivity index (χ4v) is 1.81. The van der Waals surface area contributed by atoms with Crippen LogP contribution < -0.4 is 10.5 Å². The molecule has 0 spiro atoms. The molecule has 0 unspecified atom stereocenters. The van der Waals surface area contributed by atoms with Crippen LogP contribution in [0, 0.1) is 6.92 Å². The Kier molecular flexibility index (Phi) is 2.66. The summed E-state index contributed by atoms with van der Waals surface area (Å²) in [7, 11) is 0. The van der Waals surface area contributed by atoms with Crippen LogP contribution in [0.1, 0.15) is 36.0 Å². The van der Waals surface area contributed by atoms with Gasteiger partial charge in [-0.05, 0) is 43.5 Å². The van der Waals surface area contributed by atoms with Gasteiger partial charge in [-0.25, -0.2) is 0 Å². The Hall–Kier alpha value is -2.04. The van der Waals surface area contributed by atoms with Gasteiger partial charge in [0, 0.05) is 11.6 Å². The third kappa shape index (κ3) is 2.30. The molecular formula is C13H15N3O2. The Labute approximate surface area is 105 Å². The second kappa shape index (κ2) is 4.33. The van der Waals surface area contributed by atoms with Crippen molar-refractivity contribution >= 4 is 5.69 Å². The van der Waals surface area contributed by atoms with Gasteiger partial charge in [-0.15, -0.1) is 0 Å². The molecule has 1 saturated carbocycles. The molecule has 5 nitrogen and oxygen atoms in total. The van der Waals surface area contributed by atoms with Gasteiger partial charge in [0.2, 0.25) is 0 Å². The van der Waals surface area contributed by atoms with E-state index in [9.17, 15) is 0 Å². The van der Waals surface area contributed by atoms with Crippen LogP contribution in [0.4, 0.5) is 5.69 Å². The number of nitrogens with zero attached hydrogens (tertiary/aromatic N) is 2. The molecule has 1 fully saturated rings. The molecule has 3 rings (SSSR count). The standard InChI is InChI=1S/C13H15N3O2/c1-8-6-10(14)4-5-11(8)17-7-12-15-13(16-18-12)9-2-3-9/h4-6,9H,2-3,7,14H2,1H3. The SMILES string of the molecule is Cc1cc(N)ccc1OCc1nc(C2CC2)no1. The van der Waals surface area contributed by atoms with Gasteiger partial charge in [0.25, 0.3) is 5.89 Å². The largest absolute Gasteiger partial charge is 0.483 e. The molecule has 0 bridgehead atoms. The topological polar surface area (TPSA) is 74.2 Å². The van der Waals surface area contributed by atoms with E-state index in [0.717, 1.165) is 35.7 Å². The molecule has 1 aromatic heterocycles. The molecule has 0 radical (unpaired) electrons. The quantitative estimate of drug-likeness (QED) is 0.837. The highest BCUT2D eigenvalue weighted by Crippen LogP contribution is 2.38. The van der Waals surface area contributed by atoms with E-state index in [4.69, 9.17) is 15.0 Å². The van der Waals surface area contributed by atoms with Crippen molar-refractivity contribution in [1.82, 2.24) is 10.1 Å². The molecule has 0 atom stereocenters. The minimum atomic E-state index is 0.296. The predicted octanol–water partition coefficient (Wildman–Crippen LogP) is 2.42. The molecule has 5 heteroatoms. The Bertz CT molecular complexity index is 561. The molecule has 2 aromatic rings. The molecule has 1 aromatic carbocycles. The monoisotopic (exact) mass is 245 g/mol. The number of nitrogen functional groups attached to an aromatic ring is 1. The molecule has 1 aliphatic carbocycles. The van der Waals surface area contributed by atoms with E-state index in [0.29, 0.717) is 18.4 Å². The molecule has 0 aliphatic heterocycles. The Balaban J connectivity index is 1.65. The lowest BCUT2D eigenvalue weighted by Gasteiger charge is -2.07. The number of aromatic nitrogens is 2. The number of nitrogens with two attached hydrogens (primary N) is 1. The minimum Gasteiger partial charge on any atom is -0.483 e. The Morgan fingerprint density at radius 1 is 1.44 bits per heavy atom. The van der Waals surface area contributed by atoms with Crippen LogP contribution in [0.25, 0.3) is 0 Å². The molecule has 1 aliphatic rings. The Morgan fingerprint density at radius 3 is 3.00 bits per heavy atom. The fraction of sp³-hybridized carbons (Fsp3) is 0.385. The number of ether oxygens (including phenoxy) is 1. The Morgan fingerprint density at radius 2 is 2.28 bits per heavy atom. The summed E-state index contributed by atoms with van der Waals surface area (Å²) in [6, 6.07) is 5.54. The molecular weight excluding hydrogens is 230 g/mol. The summed E-state index contributed by atoms with van der Waals surface area (Å²) in [6.07, 6.45) is 2.33. The van der Waals surface area contributed by atoms with Crippen molar-refractivity contribution in [3.05, 3.63) is 35.5 Å². The van der Waals surface area contributed by atoms with Crippen LogP contribution in [0.3, 0.4) is 0 Å². The lowest BCUT2D eigenvalue weighted by atomic mass is 10.2. The van der Waals surface area contributed by atoms with Crippen molar-refractivity contribution in [1.29, 1.82) is 0 Å². The third-order valence-corrected chi connectivity index (χ3v) is 2.98. The zero-order chi connectivity index (χ0) is 12.5. The van der Waals surface area contributed by atoms with Crippen molar-refractivity contribution in [2.75, 3.05) is 5.73 Å². The number of hydrogen-bond acceptors (Lipinski definition) is 5. The maximum atomic E-state index is 5.68. The maximum absolute atomic E-state index is 5.68. The third-order valence-electron chi connectivity index (χ3n) is 2.98. The number of anilines is 1. The van der Waals surface area contributed by atoms with Crippen LogP contribution in [0.2, 0.25) is 0 Å². The summed E-state index contributed by atoms with van der Waals surface area (Å²) >= 11 is 0. The zero-order valence-corrected chi connectivity index (χ0v) is 10.2. The van der Waals surface area contributed by atoms with Crippen molar-refractivity contribution in [2.24, 2.45) is 0 Å². The first kappa shape index (κ1) is 11.1. The molecule has 18 heavy (non-hydrogen) atoms. The van der Waals surface area contributed by atoms with Crippen LogP contribution in [0.15, 0.2) is 22.7 Å². The average Bonchev–Trinajstić information content (AvgIpc) is 3.08.